The van der Waals surface area contributed by atoms with Gasteiger partial charge in [-0.25, -0.2) is 0 Å². The lowest BCUT2D eigenvalue weighted by molar-refractivity contribution is -0.124. The molecule has 2 aromatic carbocycles. The Morgan fingerprint density at radius 2 is 1.59 bits per heavy atom. The molecule has 0 saturated heterocycles. The van der Waals surface area contributed by atoms with E-state index in [1.807, 2.05) is 42.5 Å². The van der Waals surface area contributed by atoms with Crippen LogP contribution >= 0.6 is 0 Å². The largest absolute Gasteiger partial charge is 0.299 e. The lowest BCUT2D eigenvalue weighted by Gasteiger charge is -2.19. The van der Waals surface area contributed by atoms with Crippen LogP contribution in [0.3, 0.4) is 0 Å². The molecule has 0 heterocycles. The van der Waals surface area contributed by atoms with Crippen LogP contribution in [0.2, 0.25) is 0 Å². The van der Waals surface area contributed by atoms with Crippen molar-refractivity contribution in [3.05, 3.63) is 60.2 Å². The van der Waals surface area contributed by atoms with Crippen LogP contribution in [0.4, 0.5) is 0 Å². The van der Waals surface area contributed by atoms with E-state index in [0.717, 1.165) is 30.4 Å². The first-order valence-corrected chi connectivity index (χ1v) is 7.95. The molecule has 0 N–H and O–H groups in total. The summed E-state index contributed by atoms with van der Waals surface area (Å²) >= 11 is 0. The fourth-order valence-electron chi connectivity index (χ4n) is 3.09. The SMILES string of the molecule is O=C(CC1CCCCC1=O)c1ccc(-c2ccccc2)cc1. The van der Waals surface area contributed by atoms with Gasteiger partial charge in [-0.1, -0.05) is 61.0 Å². The van der Waals surface area contributed by atoms with Crippen molar-refractivity contribution in [1.29, 1.82) is 0 Å². The molecule has 0 aliphatic heterocycles. The Morgan fingerprint density at radius 1 is 0.909 bits per heavy atom. The molecule has 1 saturated carbocycles. The Hall–Kier alpha value is -2.22. The highest BCUT2D eigenvalue weighted by Gasteiger charge is 2.24. The molecular formula is C20H20O2. The molecule has 1 fully saturated rings. The highest BCUT2D eigenvalue weighted by Crippen LogP contribution is 2.26. The lowest BCUT2D eigenvalue weighted by Crippen LogP contribution is -2.22. The van der Waals surface area contributed by atoms with Crippen molar-refractivity contribution >= 4 is 11.6 Å². The Balaban J connectivity index is 1.70. The fraction of sp³-hybridized carbons (Fsp3) is 0.300. The van der Waals surface area contributed by atoms with Crippen LogP contribution in [-0.2, 0) is 4.79 Å². The molecule has 1 aliphatic carbocycles. The summed E-state index contributed by atoms with van der Waals surface area (Å²) in [5.74, 6) is 0.287. The van der Waals surface area contributed by atoms with E-state index in [2.05, 4.69) is 12.1 Å². The molecular weight excluding hydrogens is 272 g/mol. The van der Waals surface area contributed by atoms with E-state index in [1.54, 1.807) is 0 Å². The van der Waals surface area contributed by atoms with Crippen LogP contribution in [0, 0.1) is 5.92 Å². The fourth-order valence-corrected chi connectivity index (χ4v) is 3.09. The average Bonchev–Trinajstić information content (AvgIpc) is 2.58. The molecule has 0 aromatic heterocycles. The van der Waals surface area contributed by atoms with Gasteiger partial charge in [-0.3, -0.25) is 9.59 Å². The van der Waals surface area contributed by atoms with Crippen molar-refractivity contribution in [2.75, 3.05) is 0 Å². The van der Waals surface area contributed by atoms with Gasteiger partial charge in [-0.15, -0.1) is 0 Å². The summed E-state index contributed by atoms with van der Waals surface area (Å²) in [6.07, 6.45) is 3.92. The molecule has 1 aliphatic rings. The minimum atomic E-state index is -0.0601. The third-order valence-corrected chi connectivity index (χ3v) is 4.43. The Labute approximate surface area is 131 Å². The predicted octanol–water partition coefficient (Wildman–Crippen LogP) is 4.69. The van der Waals surface area contributed by atoms with Crippen LogP contribution in [0.5, 0.6) is 0 Å². The molecule has 0 radical (unpaired) electrons. The first-order valence-electron chi connectivity index (χ1n) is 7.95. The summed E-state index contributed by atoms with van der Waals surface area (Å²) in [6.45, 7) is 0. The number of rotatable bonds is 4. The number of hydrogen-bond donors (Lipinski definition) is 0. The number of hydrogen-bond acceptors (Lipinski definition) is 2. The van der Waals surface area contributed by atoms with E-state index in [4.69, 9.17) is 0 Å². The normalized spacial score (nSPS) is 18.2. The highest BCUT2D eigenvalue weighted by atomic mass is 16.1. The van der Waals surface area contributed by atoms with Gasteiger partial charge in [0.1, 0.15) is 5.78 Å². The van der Waals surface area contributed by atoms with E-state index in [0.29, 0.717) is 18.4 Å². The van der Waals surface area contributed by atoms with Gasteiger partial charge in [0.15, 0.2) is 5.78 Å². The Morgan fingerprint density at radius 3 is 2.27 bits per heavy atom. The smallest absolute Gasteiger partial charge is 0.163 e. The summed E-state index contributed by atoms with van der Waals surface area (Å²) < 4.78 is 0. The van der Waals surface area contributed by atoms with Crippen molar-refractivity contribution in [3.8, 4) is 11.1 Å². The molecule has 1 atom stereocenters. The van der Waals surface area contributed by atoms with Crippen molar-refractivity contribution in [2.45, 2.75) is 32.1 Å². The zero-order valence-corrected chi connectivity index (χ0v) is 12.6. The van der Waals surface area contributed by atoms with Crippen LogP contribution in [0.15, 0.2) is 54.6 Å². The lowest BCUT2D eigenvalue weighted by atomic mass is 9.83. The van der Waals surface area contributed by atoms with Gasteiger partial charge >= 0.3 is 0 Å². The highest BCUT2D eigenvalue weighted by molar-refractivity contribution is 5.99. The van der Waals surface area contributed by atoms with E-state index in [9.17, 15) is 9.59 Å². The predicted molar refractivity (Wildman–Crippen MR) is 87.8 cm³/mol. The number of carbonyl (C=O) groups excluding carboxylic acids is 2. The van der Waals surface area contributed by atoms with Crippen LogP contribution in [0.1, 0.15) is 42.5 Å². The first-order chi connectivity index (χ1) is 10.7. The van der Waals surface area contributed by atoms with Crippen molar-refractivity contribution in [2.24, 2.45) is 5.92 Å². The van der Waals surface area contributed by atoms with E-state index in [-0.39, 0.29) is 17.5 Å². The molecule has 2 heteroatoms. The van der Waals surface area contributed by atoms with Gasteiger partial charge in [0.25, 0.3) is 0 Å². The molecule has 0 amide bonds. The molecule has 22 heavy (non-hydrogen) atoms. The van der Waals surface area contributed by atoms with Crippen LogP contribution in [-0.4, -0.2) is 11.6 Å². The zero-order chi connectivity index (χ0) is 15.4. The van der Waals surface area contributed by atoms with Gasteiger partial charge in [0.05, 0.1) is 0 Å². The van der Waals surface area contributed by atoms with Gasteiger partial charge in [0.2, 0.25) is 0 Å². The second kappa shape index (κ2) is 6.69. The van der Waals surface area contributed by atoms with Crippen LogP contribution in [0.25, 0.3) is 11.1 Å². The average molecular weight is 292 g/mol. The van der Waals surface area contributed by atoms with E-state index >= 15 is 0 Å². The van der Waals surface area contributed by atoms with E-state index < -0.39 is 0 Å². The molecule has 112 valence electrons. The molecule has 3 rings (SSSR count). The first kappa shape index (κ1) is 14.7. The number of ketones is 2. The van der Waals surface area contributed by atoms with Gasteiger partial charge in [0, 0.05) is 24.3 Å². The summed E-state index contributed by atoms with van der Waals surface area (Å²) in [6, 6.07) is 17.8. The molecule has 0 spiro atoms. The molecule has 2 aromatic rings. The maximum atomic E-state index is 12.4. The number of Topliss-reactive ketones (excluding diaryl/α,β-unsaturated/α-hetero) is 2. The maximum Gasteiger partial charge on any atom is 0.163 e. The van der Waals surface area contributed by atoms with Gasteiger partial charge in [-0.2, -0.15) is 0 Å². The third-order valence-electron chi connectivity index (χ3n) is 4.43. The summed E-state index contributed by atoms with van der Waals surface area (Å²) in [5, 5.41) is 0. The van der Waals surface area contributed by atoms with Crippen LogP contribution < -0.4 is 0 Å². The number of carbonyl (C=O) groups is 2. The Kier molecular flexibility index (Phi) is 4.47. The zero-order valence-electron chi connectivity index (χ0n) is 12.6. The molecule has 0 bridgehead atoms. The summed E-state index contributed by atoms with van der Waals surface area (Å²) in [5.41, 5.74) is 2.95. The Bertz CT molecular complexity index is 656. The summed E-state index contributed by atoms with van der Waals surface area (Å²) in [4.78, 5) is 24.2. The van der Waals surface area contributed by atoms with Crippen molar-refractivity contribution in [3.63, 3.8) is 0 Å². The quantitative estimate of drug-likeness (QED) is 0.766. The molecule has 1 unspecified atom stereocenters. The monoisotopic (exact) mass is 292 g/mol. The topological polar surface area (TPSA) is 34.1 Å². The van der Waals surface area contributed by atoms with Gasteiger partial charge < -0.3 is 0 Å². The molecule has 2 nitrogen and oxygen atoms in total. The van der Waals surface area contributed by atoms with Crippen molar-refractivity contribution in [1.82, 2.24) is 0 Å². The third kappa shape index (κ3) is 3.33. The summed E-state index contributed by atoms with van der Waals surface area (Å²) in [7, 11) is 0. The second-order valence-corrected chi connectivity index (χ2v) is 5.98. The van der Waals surface area contributed by atoms with E-state index in [1.165, 1.54) is 0 Å². The maximum absolute atomic E-state index is 12.4. The van der Waals surface area contributed by atoms with Gasteiger partial charge in [-0.05, 0) is 24.0 Å². The van der Waals surface area contributed by atoms with Crippen molar-refractivity contribution < 1.29 is 9.59 Å². The minimum Gasteiger partial charge on any atom is -0.299 e. The number of benzene rings is 2. The standard InChI is InChI=1S/C20H20O2/c21-19-9-5-4-8-18(19)14-20(22)17-12-10-16(11-13-17)15-6-2-1-3-7-15/h1-3,6-7,10-13,18H,4-5,8-9,14H2. The minimum absolute atomic E-state index is 0.0601. The second-order valence-electron chi connectivity index (χ2n) is 5.98.